The minimum Gasteiger partial charge on any atom is -0.342 e. The van der Waals surface area contributed by atoms with E-state index in [1.54, 1.807) is 4.68 Å². The van der Waals surface area contributed by atoms with Crippen molar-refractivity contribution in [3.63, 3.8) is 0 Å². The van der Waals surface area contributed by atoms with Crippen LogP contribution in [0.1, 0.15) is 46.7 Å². The number of carbonyl (C=O) groups is 1. The third-order valence-electron chi connectivity index (χ3n) is 3.84. The first kappa shape index (κ1) is 12.8. The molecule has 1 heterocycles. The Hall–Kier alpha value is -2.17. The predicted molar refractivity (Wildman–Crippen MR) is 75.4 cm³/mol. The maximum Gasteiger partial charge on any atom is 0.251 e. The lowest BCUT2D eigenvalue weighted by atomic mass is 10.1. The van der Waals surface area contributed by atoms with Gasteiger partial charge in [0.25, 0.3) is 5.91 Å². The molecule has 0 radical (unpaired) electrons. The van der Waals surface area contributed by atoms with Crippen molar-refractivity contribution in [1.29, 1.82) is 0 Å². The lowest BCUT2D eigenvalue weighted by Gasteiger charge is -2.13. The number of amides is 1. The van der Waals surface area contributed by atoms with Gasteiger partial charge < -0.3 is 5.32 Å². The van der Waals surface area contributed by atoms with Gasteiger partial charge in [-0.25, -0.2) is 4.98 Å². The first-order valence-corrected chi connectivity index (χ1v) is 6.91. The molecule has 3 rings (SSSR count). The maximum atomic E-state index is 12.3. The van der Waals surface area contributed by atoms with Crippen LogP contribution in [-0.2, 0) is 19.9 Å². The number of aromatic nitrogens is 3. The highest BCUT2D eigenvalue weighted by molar-refractivity contribution is 5.94. The molecule has 1 amide bonds. The molecule has 1 aliphatic carbocycles. The molecule has 0 saturated heterocycles. The Bertz CT molecular complexity index is 647. The fraction of sp³-hybridized carbons (Fsp3) is 0.400. The number of carbonyl (C=O) groups excluding carboxylic acids is 1. The fourth-order valence-electron chi connectivity index (χ4n) is 2.75. The van der Waals surface area contributed by atoms with Gasteiger partial charge in [0, 0.05) is 12.6 Å². The van der Waals surface area contributed by atoms with Crippen LogP contribution >= 0.6 is 0 Å². The third kappa shape index (κ3) is 2.31. The molecule has 0 spiro atoms. The molecule has 0 aliphatic heterocycles. The molecule has 5 heteroatoms. The smallest absolute Gasteiger partial charge is 0.251 e. The zero-order chi connectivity index (χ0) is 14.1. The average Bonchev–Trinajstić information content (AvgIpc) is 3.05. The molecule has 1 aromatic heterocycles. The van der Waals surface area contributed by atoms with Gasteiger partial charge in [-0.2, -0.15) is 5.10 Å². The van der Waals surface area contributed by atoms with Crippen molar-refractivity contribution in [3.8, 4) is 0 Å². The van der Waals surface area contributed by atoms with Crippen molar-refractivity contribution < 1.29 is 4.79 Å². The Morgan fingerprint density at radius 2 is 2.15 bits per heavy atom. The molecule has 1 aromatic carbocycles. The zero-order valence-corrected chi connectivity index (χ0v) is 11.8. The normalized spacial score (nSPS) is 14.9. The molecule has 0 unspecified atom stereocenters. The summed E-state index contributed by atoms with van der Waals surface area (Å²) in [5.74, 6) is 0.690. The molecule has 0 bridgehead atoms. The lowest BCUT2D eigenvalue weighted by molar-refractivity contribution is 0.0937. The summed E-state index contributed by atoms with van der Waals surface area (Å²) in [6, 6.07) is 5.83. The highest BCUT2D eigenvalue weighted by atomic mass is 16.1. The van der Waals surface area contributed by atoms with E-state index in [4.69, 9.17) is 0 Å². The second kappa shape index (κ2) is 5.07. The largest absolute Gasteiger partial charge is 0.342 e. The van der Waals surface area contributed by atoms with Crippen LogP contribution in [0.4, 0.5) is 0 Å². The summed E-state index contributed by atoms with van der Waals surface area (Å²) < 4.78 is 1.67. The van der Waals surface area contributed by atoms with E-state index >= 15 is 0 Å². The van der Waals surface area contributed by atoms with Crippen molar-refractivity contribution in [1.82, 2.24) is 20.1 Å². The SMILES string of the molecule is C[C@H](NC(=O)c1ccc2c(c1)CCC2)c1ncnn1C. The van der Waals surface area contributed by atoms with Crippen molar-refractivity contribution in [2.45, 2.75) is 32.2 Å². The Morgan fingerprint density at radius 3 is 2.90 bits per heavy atom. The van der Waals surface area contributed by atoms with Gasteiger partial charge in [0.1, 0.15) is 12.2 Å². The quantitative estimate of drug-likeness (QED) is 0.925. The number of benzene rings is 1. The van der Waals surface area contributed by atoms with Crippen LogP contribution in [0.2, 0.25) is 0 Å². The number of nitrogens with one attached hydrogen (secondary N) is 1. The minimum absolute atomic E-state index is 0.0600. The number of fused-ring (bicyclic) bond motifs is 1. The van der Waals surface area contributed by atoms with Crippen LogP contribution in [-0.4, -0.2) is 20.7 Å². The van der Waals surface area contributed by atoms with Gasteiger partial charge in [-0.1, -0.05) is 6.07 Å². The summed E-state index contributed by atoms with van der Waals surface area (Å²) in [5.41, 5.74) is 3.41. The molecule has 5 nitrogen and oxygen atoms in total. The average molecular weight is 270 g/mol. The Balaban J connectivity index is 1.75. The monoisotopic (exact) mass is 270 g/mol. The molecule has 20 heavy (non-hydrogen) atoms. The van der Waals surface area contributed by atoms with Gasteiger partial charge >= 0.3 is 0 Å². The van der Waals surface area contributed by atoms with E-state index in [9.17, 15) is 4.79 Å². The van der Waals surface area contributed by atoms with Crippen molar-refractivity contribution in [2.75, 3.05) is 0 Å². The van der Waals surface area contributed by atoms with Gasteiger partial charge in [-0.15, -0.1) is 0 Å². The maximum absolute atomic E-state index is 12.3. The highest BCUT2D eigenvalue weighted by Gasteiger charge is 2.17. The molecule has 1 aliphatic rings. The number of rotatable bonds is 3. The summed E-state index contributed by atoms with van der Waals surface area (Å²) in [7, 11) is 1.82. The van der Waals surface area contributed by atoms with Crippen LogP contribution in [0, 0.1) is 0 Å². The number of nitrogens with zero attached hydrogens (tertiary/aromatic N) is 3. The summed E-state index contributed by atoms with van der Waals surface area (Å²) in [6.07, 6.45) is 4.89. The molecule has 0 fully saturated rings. The van der Waals surface area contributed by atoms with E-state index in [2.05, 4.69) is 21.5 Å². The summed E-state index contributed by atoms with van der Waals surface area (Å²) >= 11 is 0. The Morgan fingerprint density at radius 1 is 1.35 bits per heavy atom. The van der Waals surface area contributed by atoms with Crippen molar-refractivity contribution in [3.05, 3.63) is 47.0 Å². The molecular formula is C15H18N4O. The van der Waals surface area contributed by atoms with E-state index in [1.165, 1.54) is 23.9 Å². The summed E-state index contributed by atoms with van der Waals surface area (Å²) in [4.78, 5) is 16.5. The van der Waals surface area contributed by atoms with E-state index < -0.39 is 0 Å². The van der Waals surface area contributed by atoms with E-state index in [1.807, 2.05) is 26.1 Å². The van der Waals surface area contributed by atoms with Gasteiger partial charge in [0.05, 0.1) is 6.04 Å². The van der Waals surface area contributed by atoms with Gasteiger partial charge in [0.15, 0.2) is 0 Å². The van der Waals surface area contributed by atoms with E-state index in [0.29, 0.717) is 0 Å². The molecule has 104 valence electrons. The Labute approximate surface area is 118 Å². The zero-order valence-electron chi connectivity index (χ0n) is 11.8. The van der Waals surface area contributed by atoms with Gasteiger partial charge in [-0.05, 0) is 49.4 Å². The first-order valence-electron chi connectivity index (χ1n) is 6.91. The number of aryl methyl sites for hydroxylation is 3. The molecule has 1 atom stereocenters. The number of hydrogen-bond acceptors (Lipinski definition) is 3. The van der Waals surface area contributed by atoms with Crippen LogP contribution in [0.15, 0.2) is 24.5 Å². The van der Waals surface area contributed by atoms with Crippen molar-refractivity contribution >= 4 is 5.91 Å². The van der Waals surface area contributed by atoms with Crippen LogP contribution in [0.25, 0.3) is 0 Å². The first-order chi connectivity index (χ1) is 9.65. The molecule has 1 N–H and O–H groups in total. The van der Waals surface area contributed by atoms with Crippen LogP contribution < -0.4 is 5.32 Å². The molecule has 2 aromatic rings. The van der Waals surface area contributed by atoms with Gasteiger partial charge in [-0.3, -0.25) is 9.48 Å². The molecule has 0 saturated carbocycles. The Kier molecular flexibility index (Phi) is 3.26. The van der Waals surface area contributed by atoms with Crippen LogP contribution in [0.5, 0.6) is 0 Å². The fourth-order valence-corrected chi connectivity index (χ4v) is 2.75. The minimum atomic E-state index is -0.164. The highest BCUT2D eigenvalue weighted by Crippen LogP contribution is 2.23. The van der Waals surface area contributed by atoms with Crippen LogP contribution in [0.3, 0.4) is 0 Å². The lowest BCUT2D eigenvalue weighted by Crippen LogP contribution is -2.28. The second-order valence-corrected chi connectivity index (χ2v) is 5.27. The standard InChI is InChI=1S/C15H18N4O/c1-10(14-16-9-17-19(14)2)18-15(20)13-7-6-11-4-3-5-12(11)8-13/h6-10H,3-5H2,1-2H3,(H,18,20)/t10-/m0/s1. The van der Waals surface area contributed by atoms with E-state index in [-0.39, 0.29) is 11.9 Å². The predicted octanol–water partition coefficient (Wildman–Crippen LogP) is 1.79. The van der Waals surface area contributed by atoms with Gasteiger partial charge in [0.2, 0.25) is 0 Å². The third-order valence-corrected chi connectivity index (χ3v) is 3.84. The molecular weight excluding hydrogens is 252 g/mol. The summed E-state index contributed by atoms with van der Waals surface area (Å²) in [5, 5.41) is 6.99. The number of hydrogen-bond donors (Lipinski definition) is 1. The topological polar surface area (TPSA) is 59.8 Å². The summed E-state index contributed by atoms with van der Waals surface area (Å²) in [6.45, 7) is 1.91. The van der Waals surface area contributed by atoms with E-state index in [0.717, 1.165) is 24.2 Å². The second-order valence-electron chi connectivity index (χ2n) is 5.27. The van der Waals surface area contributed by atoms with Crippen molar-refractivity contribution in [2.24, 2.45) is 7.05 Å².